The van der Waals surface area contributed by atoms with Gasteiger partial charge >= 0.3 is 5.97 Å². The van der Waals surface area contributed by atoms with Gasteiger partial charge in [-0.3, -0.25) is 0 Å². The van der Waals surface area contributed by atoms with Gasteiger partial charge in [-0.1, -0.05) is 11.6 Å². The summed E-state index contributed by atoms with van der Waals surface area (Å²) in [5.41, 5.74) is -0.0915. The molecule has 0 saturated heterocycles. The number of halogens is 1. The molecular weight excluding hydrogens is 308 g/mol. The van der Waals surface area contributed by atoms with Crippen molar-refractivity contribution in [3.63, 3.8) is 0 Å². The lowest BCUT2D eigenvalue weighted by molar-refractivity contribution is -0.147. The molecule has 0 bridgehead atoms. The fourth-order valence-corrected chi connectivity index (χ4v) is 2.79. The first-order valence-electron chi connectivity index (χ1n) is 5.26. The maximum absolute atomic E-state index is 12.0. The lowest BCUT2D eigenvalue weighted by Crippen LogP contribution is -2.38. The number of methoxy groups -OCH3 is 1. The molecule has 1 rings (SSSR count). The molecule has 0 aliphatic rings. The number of hydrogen-bond acceptors (Lipinski definition) is 5. The zero-order chi connectivity index (χ0) is 15.3. The van der Waals surface area contributed by atoms with Crippen molar-refractivity contribution in [2.45, 2.75) is 11.0 Å². The van der Waals surface area contributed by atoms with Crippen molar-refractivity contribution in [1.29, 1.82) is 5.26 Å². The van der Waals surface area contributed by atoms with E-state index in [9.17, 15) is 13.2 Å². The van der Waals surface area contributed by atoms with Gasteiger partial charge in [-0.2, -0.15) is 5.26 Å². The molecule has 1 unspecified atom stereocenters. The summed E-state index contributed by atoms with van der Waals surface area (Å²) in [6.45, 7) is -0.467. The van der Waals surface area contributed by atoms with E-state index in [-0.39, 0.29) is 15.5 Å². The van der Waals surface area contributed by atoms with Crippen molar-refractivity contribution in [1.82, 2.24) is 4.72 Å². The normalized spacial score (nSPS) is 12.7. The molecule has 9 heteroatoms. The molecule has 1 atom stereocenters. The van der Waals surface area contributed by atoms with Crippen LogP contribution in [0.1, 0.15) is 5.56 Å². The summed E-state index contributed by atoms with van der Waals surface area (Å²) >= 11 is 5.70. The third-order valence-electron chi connectivity index (χ3n) is 2.37. The Morgan fingerprint density at radius 1 is 1.60 bits per heavy atom. The maximum Gasteiger partial charge on any atom is 0.334 e. The van der Waals surface area contributed by atoms with Crippen LogP contribution in [0.3, 0.4) is 0 Å². The number of aliphatic carboxylic acids is 1. The lowest BCUT2D eigenvalue weighted by atomic mass is 10.2. The number of carboxylic acid groups (broad SMARTS) is 1. The SMILES string of the molecule is COC(CNS(=O)(=O)c1cc(Cl)ccc1C#N)C(=O)O. The highest BCUT2D eigenvalue weighted by Gasteiger charge is 2.23. The number of nitriles is 1. The Kier molecular flexibility index (Phi) is 5.47. The molecule has 0 aliphatic carbocycles. The molecule has 0 fully saturated rings. The quantitative estimate of drug-likeness (QED) is 0.793. The van der Waals surface area contributed by atoms with Crippen molar-refractivity contribution in [2.24, 2.45) is 0 Å². The molecule has 2 N–H and O–H groups in total. The van der Waals surface area contributed by atoms with E-state index < -0.39 is 28.6 Å². The molecule has 0 radical (unpaired) electrons. The summed E-state index contributed by atoms with van der Waals surface area (Å²) in [4.78, 5) is 10.4. The molecule has 0 saturated carbocycles. The Balaban J connectivity index is 3.03. The summed E-state index contributed by atoms with van der Waals surface area (Å²) in [5.74, 6) is -1.30. The molecule has 1 aromatic rings. The van der Waals surface area contributed by atoms with E-state index in [4.69, 9.17) is 22.0 Å². The second-order valence-electron chi connectivity index (χ2n) is 3.67. The predicted octanol–water partition coefficient (Wildman–Crippen LogP) is 0.590. The highest BCUT2D eigenvalue weighted by Crippen LogP contribution is 2.20. The van der Waals surface area contributed by atoms with Crippen LogP contribution in [0.2, 0.25) is 5.02 Å². The number of sulfonamides is 1. The first kappa shape index (κ1) is 16.4. The minimum absolute atomic E-state index is 0.0915. The van der Waals surface area contributed by atoms with Crippen LogP contribution >= 0.6 is 11.6 Å². The first-order chi connectivity index (χ1) is 9.31. The molecule has 0 spiro atoms. The molecular formula is C11H11ClN2O5S. The number of hydrogen-bond donors (Lipinski definition) is 2. The van der Waals surface area contributed by atoms with Gasteiger partial charge in [0.15, 0.2) is 6.10 Å². The van der Waals surface area contributed by atoms with Crippen molar-refractivity contribution in [3.05, 3.63) is 28.8 Å². The molecule has 7 nitrogen and oxygen atoms in total. The van der Waals surface area contributed by atoms with Gasteiger partial charge < -0.3 is 9.84 Å². The van der Waals surface area contributed by atoms with Crippen LogP contribution in [0.5, 0.6) is 0 Å². The van der Waals surface area contributed by atoms with Gasteiger partial charge in [0, 0.05) is 18.7 Å². The summed E-state index contributed by atoms with van der Waals surface area (Å²) in [5, 5.41) is 17.8. The highest BCUT2D eigenvalue weighted by atomic mass is 35.5. The Morgan fingerprint density at radius 2 is 2.25 bits per heavy atom. The number of carbonyl (C=O) groups is 1. The van der Waals surface area contributed by atoms with E-state index in [1.807, 2.05) is 0 Å². The molecule has 0 aromatic heterocycles. The number of rotatable bonds is 6. The fourth-order valence-electron chi connectivity index (χ4n) is 1.35. The smallest absolute Gasteiger partial charge is 0.334 e. The van der Waals surface area contributed by atoms with E-state index in [2.05, 4.69) is 9.46 Å². The topological polar surface area (TPSA) is 116 Å². The number of nitrogens with zero attached hydrogens (tertiary/aromatic N) is 1. The van der Waals surface area contributed by atoms with Gasteiger partial charge in [-0.25, -0.2) is 17.9 Å². The zero-order valence-electron chi connectivity index (χ0n) is 10.3. The van der Waals surface area contributed by atoms with E-state index >= 15 is 0 Å². The Hall–Kier alpha value is -1.66. The average Bonchev–Trinajstić information content (AvgIpc) is 2.38. The van der Waals surface area contributed by atoms with Crippen molar-refractivity contribution >= 4 is 27.6 Å². The van der Waals surface area contributed by atoms with Gasteiger partial charge in [-0.05, 0) is 18.2 Å². The summed E-state index contributed by atoms with van der Waals surface area (Å²) in [7, 11) is -2.92. The van der Waals surface area contributed by atoms with Gasteiger partial charge in [0.2, 0.25) is 10.0 Å². The molecule has 0 amide bonds. The zero-order valence-corrected chi connectivity index (χ0v) is 11.9. The largest absolute Gasteiger partial charge is 0.479 e. The molecule has 108 valence electrons. The highest BCUT2D eigenvalue weighted by molar-refractivity contribution is 7.89. The average molecular weight is 319 g/mol. The number of ether oxygens (including phenoxy) is 1. The Labute approximate surface area is 120 Å². The Bertz CT molecular complexity index is 653. The molecule has 0 heterocycles. The standard InChI is InChI=1S/C11H11ClN2O5S/c1-19-9(11(15)16)6-14-20(17,18)10-4-8(12)3-2-7(10)5-13/h2-4,9,14H,6H2,1H3,(H,15,16). The summed E-state index contributed by atoms with van der Waals surface area (Å²) in [6.07, 6.45) is -1.32. The summed E-state index contributed by atoms with van der Waals surface area (Å²) < 4.78 is 30.7. The van der Waals surface area contributed by atoms with Crippen LogP contribution in [-0.2, 0) is 19.6 Å². The van der Waals surface area contributed by atoms with E-state index in [1.54, 1.807) is 6.07 Å². The number of benzene rings is 1. The fraction of sp³-hybridized carbons (Fsp3) is 0.273. The van der Waals surface area contributed by atoms with Gasteiger partial charge in [0.05, 0.1) is 5.56 Å². The minimum atomic E-state index is -4.06. The predicted molar refractivity (Wildman–Crippen MR) is 69.8 cm³/mol. The van der Waals surface area contributed by atoms with Crippen molar-refractivity contribution in [2.75, 3.05) is 13.7 Å². The number of carboxylic acids is 1. The van der Waals surface area contributed by atoms with Gasteiger partial charge in [0.1, 0.15) is 11.0 Å². The monoisotopic (exact) mass is 318 g/mol. The van der Waals surface area contributed by atoms with Crippen molar-refractivity contribution in [3.8, 4) is 6.07 Å². The second-order valence-corrected chi connectivity index (χ2v) is 5.84. The van der Waals surface area contributed by atoms with E-state index in [0.29, 0.717) is 0 Å². The third kappa shape index (κ3) is 3.91. The van der Waals surface area contributed by atoms with Crippen molar-refractivity contribution < 1.29 is 23.1 Å². The van der Waals surface area contributed by atoms with Gasteiger partial charge in [0.25, 0.3) is 0 Å². The first-order valence-corrected chi connectivity index (χ1v) is 7.13. The Morgan fingerprint density at radius 3 is 2.75 bits per heavy atom. The third-order valence-corrected chi connectivity index (χ3v) is 4.07. The van der Waals surface area contributed by atoms with E-state index in [0.717, 1.165) is 13.2 Å². The second kappa shape index (κ2) is 6.67. The lowest BCUT2D eigenvalue weighted by Gasteiger charge is -2.12. The summed E-state index contributed by atoms with van der Waals surface area (Å²) in [6, 6.07) is 5.49. The van der Waals surface area contributed by atoms with E-state index in [1.165, 1.54) is 12.1 Å². The minimum Gasteiger partial charge on any atom is -0.479 e. The van der Waals surface area contributed by atoms with Crippen LogP contribution in [0.25, 0.3) is 0 Å². The van der Waals surface area contributed by atoms with Crippen LogP contribution in [0.15, 0.2) is 23.1 Å². The van der Waals surface area contributed by atoms with Crippen LogP contribution in [0.4, 0.5) is 0 Å². The van der Waals surface area contributed by atoms with Gasteiger partial charge in [-0.15, -0.1) is 0 Å². The van der Waals surface area contributed by atoms with Crippen LogP contribution in [0, 0.1) is 11.3 Å². The number of nitrogens with one attached hydrogen (secondary N) is 1. The molecule has 1 aromatic carbocycles. The maximum atomic E-state index is 12.0. The molecule has 20 heavy (non-hydrogen) atoms. The van der Waals surface area contributed by atoms with Crippen LogP contribution < -0.4 is 4.72 Å². The van der Waals surface area contributed by atoms with Crippen LogP contribution in [-0.4, -0.2) is 39.3 Å². The molecule has 0 aliphatic heterocycles.